The molecule has 0 saturated heterocycles. The first-order valence-corrected chi connectivity index (χ1v) is 6.72. The van der Waals surface area contributed by atoms with E-state index in [0.717, 1.165) is 29.0 Å². The third-order valence-electron chi connectivity index (χ3n) is 3.21. The molecule has 19 heavy (non-hydrogen) atoms. The molecule has 0 aliphatic carbocycles. The average Bonchev–Trinajstić information content (AvgIpc) is 2.38. The lowest BCUT2D eigenvalue weighted by Gasteiger charge is -2.14. The topological polar surface area (TPSA) is 35.2 Å². The number of ether oxygens (including phenoxy) is 1. The van der Waals surface area contributed by atoms with Gasteiger partial charge in [0.15, 0.2) is 0 Å². The van der Waals surface area contributed by atoms with Crippen LogP contribution in [-0.4, -0.2) is 6.54 Å². The Labute approximate surface area is 119 Å². The molecule has 0 atom stereocenters. The van der Waals surface area contributed by atoms with E-state index in [4.69, 9.17) is 22.1 Å². The van der Waals surface area contributed by atoms with Gasteiger partial charge in [0.2, 0.25) is 0 Å². The summed E-state index contributed by atoms with van der Waals surface area (Å²) in [5.41, 5.74) is 9.03. The highest BCUT2D eigenvalue weighted by Gasteiger charge is 2.08. The standard InChI is InChI=1S/C16H18ClNO/c1-11-4-3-5-15(12(11)2)19-16-7-6-14(17)10-13(16)8-9-18/h3-7,10H,8-9,18H2,1-2H3. The lowest BCUT2D eigenvalue weighted by atomic mass is 10.1. The Kier molecular flexibility index (Phi) is 4.46. The quantitative estimate of drug-likeness (QED) is 0.905. The minimum atomic E-state index is 0.573. The maximum absolute atomic E-state index is 6.02. The first-order valence-electron chi connectivity index (χ1n) is 6.34. The number of aryl methyl sites for hydroxylation is 1. The van der Waals surface area contributed by atoms with Crippen LogP contribution in [0.15, 0.2) is 36.4 Å². The molecule has 100 valence electrons. The molecule has 3 heteroatoms. The van der Waals surface area contributed by atoms with Gasteiger partial charge >= 0.3 is 0 Å². The van der Waals surface area contributed by atoms with E-state index >= 15 is 0 Å². The number of benzene rings is 2. The second-order valence-corrected chi connectivity index (χ2v) is 5.03. The summed E-state index contributed by atoms with van der Waals surface area (Å²) in [4.78, 5) is 0. The van der Waals surface area contributed by atoms with Gasteiger partial charge < -0.3 is 10.5 Å². The molecule has 0 aliphatic heterocycles. The molecule has 0 radical (unpaired) electrons. The highest BCUT2D eigenvalue weighted by molar-refractivity contribution is 6.30. The third kappa shape index (κ3) is 3.28. The first-order chi connectivity index (χ1) is 9.11. The van der Waals surface area contributed by atoms with Crippen molar-refractivity contribution in [2.24, 2.45) is 5.73 Å². The summed E-state index contributed by atoms with van der Waals surface area (Å²) in [6, 6.07) is 11.7. The van der Waals surface area contributed by atoms with Crippen LogP contribution < -0.4 is 10.5 Å². The fraction of sp³-hybridized carbons (Fsp3) is 0.250. The average molecular weight is 276 g/mol. The Hall–Kier alpha value is -1.51. The van der Waals surface area contributed by atoms with Gasteiger partial charge in [-0.3, -0.25) is 0 Å². The van der Waals surface area contributed by atoms with Crippen molar-refractivity contribution in [3.8, 4) is 11.5 Å². The van der Waals surface area contributed by atoms with E-state index in [9.17, 15) is 0 Å². The predicted molar refractivity (Wildman–Crippen MR) is 80.2 cm³/mol. The van der Waals surface area contributed by atoms with Crippen LogP contribution in [-0.2, 0) is 6.42 Å². The lowest BCUT2D eigenvalue weighted by molar-refractivity contribution is 0.472. The summed E-state index contributed by atoms with van der Waals surface area (Å²) >= 11 is 6.02. The summed E-state index contributed by atoms with van der Waals surface area (Å²) < 4.78 is 6.01. The molecule has 0 unspecified atom stereocenters. The zero-order chi connectivity index (χ0) is 13.8. The summed E-state index contributed by atoms with van der Waals surface area (Å²) in [6.07, 6.45) is 0.751. The molecule has 0 heterocycles. The number of rotatable bonds is 4. The Morgan fingerprint density at radius 2 is 1.89 bits per heavy atom. The Morgan fingerprint density at radius 3 is 2.63 bits per heavy atom. The Bertz CT molecular complexity index is 581. The van der Waals surface area contributed by atoms with E-state index < -0.39 is 0 Å². The molecule has 0 aromatic heterocycles. The van der Waals surface area contributed by atoms with Crippen LogP contribution in [0.2, 0.25) is 5.02 Å². The van der Waals surface area contributed by atoms with E-state index in [1.54, 1.807) is 0 Å². The predicted octanol–water partition coefficient (Wildman–Crippen LogP) is 4.25. The van der Waals surface area contributed by atoms with Crippen LogP contribution in [0.5, 0.6) is 11.5 Å². The van der Waals surface area contributed by atoms with Crippen LogP contribution in [0, 0.1) is 13.8 Å². The highest BCUT2D eigenvalue weighted by Crippen LogP contribution is 2.31. The molecule has 2 N–H and O–H groups in total. The van der Waals surface area contributed by atoms with Crippen molar-refractivity contribution >= 4 is 11.6 Å². The molecule has 0 bridgehead atoms. The van der Waals surface area contributed by atoms with Crippen LogP contribution in [0.4, 0.5) is 0 Å². The Morgan fingerprint density at radius 1 is 1.11 bits per heavy atom. The van der Waals surface area contributed by atoms with Crippen molar-refractivity contribution in [2.45, 2.75) is 20.3 Å². The first kappa shape index (κ1) is 13.9. The third-order valence-corrected chi connectivity index (χ3v) is 3.45. The molecular weight excluding hydrogens is 258 g/mol. The molecule has 0 saturated carbocycles. The fourth-order valence-corrected chi connectivity index (χ4v) is 2.15. The number of hydrogen-bond acceptors (Lipinski definition) is 2. The molecule has 2 aromatic carbocycles. The van der Waals surface area contributed by atoms with Crippen molar-refractivity contribution in [1.82, 2.24) is 0 Å². The van der Waals surface area contributed by atoms with Crippen molar-refractivity contribution in [1.29, 1.82) is 0 Å². The van der Waals surface area contributed by atoms with Gasteiger partial charge in [0.1, 0.15) is 11.5 Å². The van der Waals surface area contributed by atoms with Crippen molar-refractivity contribution in [3.63, 3.8) is 0 Å². The van der Waals surface area contributed by atoms with Gasteiger partial charge in [0.25, 0.3) is 0 Å². The molecule has 0 spiro atoms. The van der Waals surface area contributed by atoms with Crippen LogP contribution in [0.3, 0.4) is 0 Å². The summed E-state index contributed by atoms with van der Waals surface area (Å²) in [6.45, 7) is 4.71. The Balaban J connectivity index is 2.35. The molecule has 2 rings (SSSR count). The van der Waals surface area contributed by atoms with E-state index in [-0.39, 0.29) is 0 Å². The minimum Gasteiger partial charge on any atom is -0.457 e. The summed E-state index contributed by atoms with van der Waals surface area (Å²) in [7, 11) is 0. The second-order valence-electron chi connectivity index (χ2n) is 4.59. The van der Waals surface area contributed by atoms with Gasteiger partial charge in [-0.1, -0.05) is 23.7 Å². The number of halogens is 1. The minimum absolute atomic E-state index is 0.573. The molecule has 2 aromatic rings. The van der Waals surface area contributed by atoms with Gasteiger partial charge in [-0.15, -0.1) is 0 Å². The monoisotopic (exact) mass is 275 g/mol. The zero-order valence-corrected chi connectivity index (χ0v) is 12.0. The highest BCUT2D eigenvalue weighted by atomic mass is 35.5. The SMILES string of the molecule is Cc1cccc(Oc2ccc(Cl)cc2CCN)c1C. The maximum Gasteiger partial charge on any atom is 0.130 e. The summed E-state index contributed by atoms with van der Waals surface area (Å²) in [5, 5.41) is 0.705. The molecule has 0 fully saturated rings. The molecule has 0 aliphatic rings. The maximum atomic E-state index is 6.02. The molecular formula is C16H18ClNO. The zero-order valence-electron chi connectivity index (χ0n) is 11.2. The van der Waals surface area contributed by atoms with Gasteiger partial charge in [-0.05, 0) is 67.8 Å². The van der Waals surface area contributed by atoms with E-state index in [2.05, 4.69) is 19.9 Å². The normalized spacial score (nSPS) is 10.5. The number of hydrogen-bond donors (Lipinski definition) is 1. The van der Waals surface area contributed by atoms with E-state index in [0.29, 0.717) is 11.6 Å². The van der Waals surface area contributed by atoms with Gasteiger partial charge in [-0.2, -0.15) is 0 Å². The fourth-order valence-electron chi connectivity index (χ4n) is 1.95. The molecule has 0 amide bonds. The van der Waals surface area contributed by atoms with Crippen molar-refractivity contribution in [3.05, 3.63) is 58.1 Å². The molecule has 2 nitrogen and oxygen atoms in total. The van der Waals surface area contributed by atoms with Gasteiger partial charge in [-0.25, -0.2) is 0 Å². The van der Waals surface area contributed by atoms with Crippen molar-refractivity contribution in [2.75, 3.05) is 6.54 Å². The smallest absolute Gasteiger partial charge is 0.130 e. The van der Waals surface area contributed by atoms with Crippen LogP contribution >= 0.6 is 11.6 Å². The van der Waals surface area contributed by atoms with Crippen LogP contribution in [0.1, 0.15) is 16.7 Å². The number of nitrogens with two attached hydrogens (primary N) is 1. The van der Waals surface area contributed by atoms with Gasteiger partial charge in [0.05, 0.1) is 0 Å². The van der Waals surface area contributed by atoms with Crippen molar-refractivity contribution < 1.29 is 4.74 Å². The lowest BCUT2D eigenvalue weighted by Crippen LogP contribution is -2.04. The van der Waals surface area contributed by atoms with E-state index in [1.807, 2.05) is 30.3 Å². The largest absolute Gasteiger partial charge is 0.457 e. The summed E-state index contributed by atoms with van der Waals surface area (Å²) in [5.74, 6) is 1.70. The van der Waals surface area contributed by atoms with E-state index in [1.165, 1.54) is 5.56 Å². The van der Waals surface area contributed by atoms with Gasteiger partial charge in [0, 0.05) is 5.02 Å². The second kappa shape index (κ2) is 6.09. The van der Waals surface area contributed by atoms with Crippen LogP contribution in [0.25, 0.3) is 0 Å².